The van der Waals surface area contributed by atoms with Gasteiger partial charge in [-0.2, -0.15) is 9.41 Å². The van der Waals surface area contributed by atoms with Crippen LogP contribution in [-0.2, 0) is 10.0 Å². The zero-order valence-electron chi connectivity index (χ0n) is 20.4. The summed E-state index contributed by atoms with van der Waals surface area (Å²) in [5.41, 5.74) is 5.06. The second-order valence-corrected chi connectivity index (χ2v) is 12.2. The van der Waals surface area contributed by atoms with Gasteiger partial charge in [-0.25, -0.2) is 18.4 Å². The molecular weight excluding hydrogens is 500 g/mol. The zero-order chi connectivity index (χ0) is 25.2. The molecule has 1 unspecified atom stereocenters. The van der Waals surface area contributed by atoms with Crippen molar-refractivity contribution < 1.29 is 8.42 Å². The Balaban J connectivity index is 1.28. The minimum Gasteiger partial charge on any atom is -0.231 e. The highest BCUT2D eigenvalue weighted by Gasteiger charge is 2.32. The average molecular weight is 529 g/mol. The lowest BCUT2D eigenvalue weighted by atomic mass is 9.99. The van der Waals surface area contributed by atoms with E-state index in [4.69, 9.17) is 10.1 Å². The summed E-state index contributed by atoms with van der Waals surface area (Å²) in [6.07, 6.45) is 3.74. The van der Waals surface area contributed by atoms with E-state index in [1.54, 1.807) is 27.8 Å². The molecule has 2 aliphatic heterocycles. The fourth-order valence-corrected chi connectivity index (χ4v) is 7.33. The molecule has 3 heterocycles. The number of thiazole rings is 1. The fourth-order valence-electron chi connectivity index (χ4n) is 4.98. The number of rotatable bonds is 6. The van der Waals surface area contributed by atoms with Gasteiger partial charge in [0.15, 0.2) is 0 Å². The van der Waals surface area contributed by atoms with E-state index < -0.39 is 10.0 Å². The SMILES string of the molecule is O=S(=O)(c1ccc(-c2csc(N3N=C(c4ccccc4)CC3c3ccccc3)n2)cc1)N1CCCCC1. The van der Waals surface area contributed by atoms with Crippen LogP contribution in [0.3, 0.4) is 0 Å². The van der Waals surface area contributed by atoms with E-state index in [0.29, 0.717) is 18.0 Å². The van der Waals surface area contributed by atoms with Crippen LogP contribution >= 0.6 is 11.3 Å². The van der Waals surface area contributed by atoms with Crippen LogP contribution < -0.4 is 5.01 Å². The maximum atomic E-state index is 13.0. The number of hydrogen-bond acceptors (Lipinski definition) is 6. The molecule has 1 saturated heterocycles. The third kappa shape index (κ3) is 4.84. The number of aromatic nitrogens is 1. The summed E-state index contributed by atoms with van der Waals surface area (Å²) in [4.78, 5) is 5.27. The Morgan fingerprint density at radius 1 is 0.784 bits per heavy atom. The average Bonchev–Trinajstić information content (AvgIpc) is 3.63. The molecule has 1 atom stereocenters. The van der Waals surface area contributed by atoms with E-state index in [1.165, 1.54) is 5.56 Å². The third-order valence-electron chi connectivity index (χ3n) is 6.99. The van der Waals surface area contributed by atoms with Crippen molar-refractivity contribution in [1.29, 1.82) is 0 Å². The number of benzene rings is 3. The summed E-state index contributed by atoms with van der Waals surface area (Å²) < 4.78 is 27.6. The highest BCUT2D eigenvalue weighted by molar-refractivity contribution is 7.89. The molecule has 0 radical (unpaired) electrons. The van der Waals surface area contributed by atoms with Gasteiger partial charge < -0.3 is 0 Å². The van der Waals surface area contributed by atoms with Crippen molar-refractivity contribution in [2.24, 2.45) is 5.10 Å². The summed E-state index contributed by atoms with van der Waals surface area (Å²) >= 11 is 1.55. The van der Waals surface area contributed by atoms with Gasteiger partial charge in [0.1, 0.15) is 0 Å². The van der Waals surface area contributed by atoms with Crippen LogP contribution in [0.1, 0.15) is 42.9 Å². The van der Waals surface area contributed by atoms with Gasteiger partial charge in [0.05, 0.1) is 22.3 Å². The van der Waals surface area contributed by atoms with Gasteiger partial charge in [0.25, 0.3) is 0 Å². The van der Waals surface area contributed by atoms with E-state index in [-0.39, 0.29) is 6.04 Å². The number of nitrogens with zero attached hydrogens (tertiary/aromatic N) is 4. The molecule has 6 rings (SSSR count). The Morgan fingerprint density at radius 3 is 2.16 bits per heavy atom. The van der Waals surface area contributed by atoms with E-state index in [1.807, 2.05) is 46.8 Å². The quantitative estimate of drug-likeness (QED) is 0.293. The van der Waals surface area contributed by atoms with Crippen LogP contribution in [-0.4, -0.2) is 36.5 Å². The molecule has 0 aliphatic carbocycles. The number of piperidine rings is 1. The monoisotopic (exact) mass is 528 g/mol. The second kappa shape index (κ2) is 10.2. The van der Waals surface area contributed by atoms with Gasteiger partial charge in [0, 0.05) is 30.5 Å². The molecule has 0 saturated carbocycles. The molecular formula is C29H28N4O2S2. The van der Waals surface area contributed by atoms with Crippen LogP contribution in [0.25, 0.3) is 11.3 Å². The number of hydrazone groups is 1. The zero-order valence-corrected chi connectivity index (χ0v) is 22.0. The van der Waals surface area contributed by atoms with Crippen molar-refractivity contribution in [1.82, 2.24) is 9.29 Å². The number of sulfonamides is 1. The van der Waals surface area contributed by atoms with E-state index in [0.717, 1.165) is 53.3 Å². The second-order valence-electron chi connectivity index (χ2n) is 9.39. The van der Waals surface area contributed by atoms with E-state index >= 15 is 0 Å². The molecule has 0 spiro atoms. The lowest BCUT2D eigenvalue weighted by Crippen LogP contribution is -2.35. The van der Waals surface area contributed by atoms with Crippen molar-refractivity contribution in [3.63, 3.8) is 0 Å². The predicted molar refractivity (Wildman–Crippen MR) is 149 cm³/mol. The standard InChI is InChI=1S/C29H28N4O2S2/c34-37(35,32-18-8-3-9-19-32)25-16-14-23(15-17-25)27-21-36-29(30-27)33-28(24-12-6-2-7-13-24)20-26(31-33)22-10-4-1-5-11-22/h1-2,4-7,10-17,21,28H,3,8-9,18-20H2. The molecule has 188 valence electrons. The molecule has 8 heteroatoms. The van der Waals surface area contributed by atoms with Crippen molar-refractivity contribution in [3.05, 3.63) is 101 Å². The minimum atomic E-state index is -3.45. The van der Waals surface area contributed by atoms with Crippen LogP contribution in [0, 0.1) is 0 Å². The fraction of sp³-hybridized carbons (Fsp3) is 0.241. The van der Waals surface area contributed by atoms with Crippen LogP contribution in [0.5, 0.6) is 0 Å². The predicted octanol–water partition coefficient (Wildman–Crippen LogP) is 6.34. The molecule has 1 aromatic heterocycles. The molecule has 3 aromatic carbocycles. The first-order chi connectivity index (χ1) is 18.1. The summed E-state index contributed by atoms with van der Waals surface area (Å²) in [5, 5.41) is 9.87. The summed E-state index contributed by atoms with van der Waals surface area (Å²) in [6.45, 7) is 1.20. The Hall–Kier alpha value is -3.33. The first kappa shape index (κ1) is 24.0. The summed E-state index contributed by atoms with van der Waals surface area (Å²) in [6, 6.07) is 27.9. The third-order valence-corrected chi connectivity index (χ3v) is 9.74. The largest absolute Gasteiger partial charge is 0.243 e. The minimum absolute atomic E-state index is 0.0625. The topological polar surface area (TPSA) is 65.9 Å². The smallest absolute Gasteiger partial charge is 0.231 e. The van der Waals surface area contributed by atoms with E-state index in [2.05, 4.69) is 36.4 Å². The molecule has 6 nitrogen and oxygen atoms in total. The van der Waals surface area contributed by atoms with Crippen LogP contribution in [0.15, 0.2) is 100 Å². The summed E-state index contributed by atoms with van der Waals surface area (Å²) in [5.74, 6) is 0. The Kier molecular flexibility index (Phi) is 6.63. The molecule has 0 amide bonds. The lowest BCUT2D eigenvalue weighted by molar-refractivity contribution is 0.346. The van der Waals surface area contributed by atoms with Gasteiger partial charge in [-0.1, -0.05) is 79.2 Å². The first-order valence-electron chi connectivity index (χ1n) is 12.6. The Labute approximate surface area is 222 Å². The number of anilines is 1. The highest BCUT2D eigenvalue weighted by atomic mass is 32.2. The van der Waals surface area contributed by atoms with Gasteiger partial charge in [-0.3, -0.25) is 0 Å². The molecule has 1 fully saturated rings. The molecule has 0 bridgehead atoms. The highest BCUT2D eigenvalue weighted by Crippen LogP contribution is 2.39. The van der Waals surface area contributed by atoms with Crippen LogP contribution in [0.2, 0.25) is 0 Å². The van der Waals surface area contributed by atoms with Crippen molar-refractivity contribution >= 4 is 32.2 Å². The van der Waals surface area contributed by atoms with Gasteiger partial charge >= 0.3 is 0 Å². The lowest BCUT2D eigenvalue weighted by Gasteiger charge is -2.25. The molecule has 0 N–H and O–H groups in total. The maximum absolute atomic E-state index is 13.0. The Bertz CT molecular complexity index is 1490. The molecule has 37 heavy (non-hydrogen) atoms. The van der Waals surface area contributed by atoms with Crippen LogP contribution in [0.4, 0.5) is 5.13 Å². The first-order valence-corrected chi connectivity index (χ1v) is 14.9. The normalized spacial score (nSPS) is 18.6. The van der Waals surface area contributed by atoms with Crippen molar-refractivity contribution in [2.45, 2.75) is 36.6 Å². The maximum Gasteiger partial charge on any atom is 0.243 e. The van der Waals surface area contributed by atoms with Gasteiger partial charge in [-0.15, -0.1) is 11.3 Å². The molecule has 4 aromatic rings. The van der Waals surface area contributed by atoms with Gasteiger partial charge in [-0.05, 0) is 36.1 Å². The van der Waals surface area contributed by atoms with Crippen molar-refractivity contribution in [3.8, 4) is 11.3 Å². The summed E-state index contributed by atoms with van der Waals surface area (Å²) in [7, 11) is -3.45. The van der Waals surface area contributed by atoms with E-state index in [9.17, 15) is 8.42 Å². The van der Waals surface area contributed by atoms with Crippen molar-refractivity contribution in [2.75, 3.05) is 18.1 Å². The molecule has 2 aliphatic rings. The number of hydrogen-bond donors (Lipinski definition) is 0. The van der Waals surface area contributed by atoms with Gasteiger partial charge in [0.2, 0.25) is 15.2 Å². The Morgan fingerprint density at radius 2 is 1.46 bits per heavy atom.